The highest BCUT2D eigenvalue weighted by atomic mass is 16.6. The molecule has 1 saturated heterocycles. The summed E-state index contributed by atoms with van der Waals surface area (Å²) < 4.78 is 14.1. The topological polar surface area (TPSA) is 168 Å². The summed E-state index contributed by atoms with van der Waals surface area (Å²) >= 11 is 0. The summed E-state index contributed by atoms with van der Waals surface area (Å²) in [5.41, 5.74) is 13.5. The monoisotopic (exact) mass is 349 g/mol. The smallest absolute Gasteiger partial charge is 0.313 e. The fourth-order valence-electron chi connectivity index (χ4n) is 2.88. The van der Waals surface area contributed by atoms with E-state index in [2.05, 4.69) is 26.6 Å². The number of aliphatic hydroxyl groups is 1. The Bertz CT molecular complexity index is 943. The van der Waals surface area contributed by atoms with Crippen molar-refractivity contribution in [3.05, 3.63) is 39.6 Å². The van der Waals surface area contributed by atoms with Crippen molar-refractivity contribution in [3.8, 4) is 0 Å². The molecule has 12 heteroatoms. The van der Waals surface area contributed by atoms with E-state index in [1.807, 2.05) is 0 Å². The van der Waals surface area contributed by atoms with Gasteiger partial charge in [-0.3, -0.25) is 14.3 Å². The lowest BCUT2D eigenvalue weighted by molar-refractivity contribution is -0.741. The van der Waals surface area contributed by atoms with Gasteiger partial charge in [0.25, 0.3) is 17.5 Å². The summed E-state index contributed by atoms with van der Waals surface area (Å²) in [4.78, 5) is 21.5. The van der Waals surface area contributed by atoms with E-state index in [0.29, 0.717) is 24.0 Å². The third-order valence-corrected chi connectivity index (χ3v) is 3.93. The van der Waals surface area contributed by atoms with Crippen LogP contribution in [0.25, 0.3) is 21.6 Å². The SMILES string of the molecule is C=C(O)OCC1(N=[N+]=[N-])CC[C@H]([n+]2cn(C)c3c(=O)[nH]c(N)nc32)O1. The Morgan fingerprint density at radius 3 is 3.28 bits per heavy atom. The molecule has 2 aromatic heterocycles. The molecular formula is C13H17N8O4+. The number of fused-ring (bicyclic) bond motifs is 1. The van der Waals surface area contributed by atoms with Crippen LogP contribution in [0.15, 0.2) is 28.8 Å². The first-order valence-corrected chi connectivity index (χ1v) is 7.36. The minimum atomic E-state index is -1.30. The molecule has 1 aliphatic heterocycles. The molecule has 3 rings (SSSR count). The van der Waals surface area contributed by atoms with Crippen LogP contribution in [0.5, 0.6) is 0 Å². The molecule has 0 spiro atoms. The Morgan fingerprint density at radius 1 is 1.84 bits per heavy atom. The second-order valence-corrected chi connectivity index (χ2v) is 5.69. The zero-order chi connectivity index (χ0) is 18.2. The van der Waals surface area contributed by atoms with Crippen molar-refractivity contribution in [1.29, 1.82) is 0 Å². The van der Waals surface area contributed by atoms with Gasteiger partial charge < -0.3 is 20.3 Å². The van der Waals surface area contributed by atoms with Crippen LogP contribution >= 0.6 is 0 Å². The average Bonchev–Trinajstić information content (AvgIpc) is 3.08. The number of azide groups is 1. The summed E-state index contributed by atoms with van der Waals surface area (Å²) in [5.74, 6) is -0.518. The molecule has 0 amide bonds. The van der Waals surface area contributed by atoms with Crippen molar-refractivity contribution in [2.45, 2.75) is 24.8 Å². The van der Waals surface area contributed by atoms with Crippen molar-refractivity contribution in [2.75, 3.05) is 12.3 Å². The van der Waals surface area contributed by atoms with Crippen LogP contribution in [0.3, 0.4) is 0 Å². The number of hydrogen-bond donors (Lipinski definition) is 3. The number of anilines is 1. The van der Waals surface area contributed by atoms with Gasteiger partial charge in [-0.05, 0) is 18.5 Å². The molecule has 0 radical (unpaired) electrons. The third kappa shape index (κ3) is 2.95. The number of aromatic nitrogens is 4. The number of nitrogen functional groups attached to an aromatic ring is 1. The van der Waals surface area contributed by atoms with Crippen LogP contribution in [0.4, 0.5) is 5.95 Å². The van der Waals surface area contributed by atoms with Crippen LogP contribution in [-0.2, 0) is 16.5 Å². The fraction of sp³-hybridized carbons (Fsp3) is 0.462. The van der Waals surface area contributed by atoms with Crippen LogP contribution < -0.4 is 15.9 Å². The van der Waals surface area contributed by atoms with E-state index in [1.165, 1.54) is 0 Å². The standard InChI is InChI=1S/C13H16N8O4/c1-7(22)24-5-13(18-19-15)4-3-8(25-13)21-6-20(2)9-10(21)16-12(14)17-11(9)23/h6,8H,1,3-5H2,2H3,(H3-,14,16,17,22,23)/p+1/t8-,13?/m1/s1. The average molecular weight is 349 g/mol. The minimum absolute atomic E-state index is 0.0170. The quantitative estimate of drug-likeness (QED) is 0.233. The largest absolute Gasteiger partial charge is 0.481 e. The van der Waals surface area contributed by atoms with E-state index in [4.69, 9.17) is 25.8 Å². The predicted molar refractivity (Wildman–Crippen MR) is 84.9 cm³/mol. The highest BCUT2D eigenvalue weighted by molar-refractivity contribution is 5.66. The highest BCUT2D eigenvalue weighted by Gasteiger charge is 2.44. The first-order chi connectivity index (χ1) is 11.8. The summed E-state index contributed by atoms with van der Waals surface area (Å²) in [6.45, 7) is 3.03. The normalized spacial score (nSPS) is 22.7. The summed E-state index contributed by atoms with van der Waals surface area (Å²) in [6, 6.07) is 0. The molecule has 1 unspecified atom stereocenters. The third-order valence-electron chi connectivity index (χ3n) is 3.93. The Balaban J connectivity index is 1.99. The zero-order valence-corrected chi connectivity index (χ0v) is 13.4. The lowest BCUT2D eigenvalue weighted by Gasteiger charge is -2.22. The molecule has 25 heavy (non-hydrogen) atoms. The lowest BCUT2D eigenvalue weighted by Crippen LogP contribution is -2.42. The number of nitrogens with zero attached hydrogens (tertiary/aromatic N) is 6. The van der Waals surface area contributed by atoms with Gasteiger partial charge in [0, 0.05) is 11.3 Å². The molecule has 0 saturated carbocycles. The number of nitrogens with one attached hydrogen (secondary N) is 1. The van der Waals surface area contributed by atoms with Gasteiger partial charge in [-0.2, -0.15) is 0 Å². The van der Waals surface area contributed by atoms with Gasteiger partial charge >= 0.3 is 5.65 Å². The van der Waals surface area contributed by atoms with Crippen LogP contribution in [0.1, 0.15) is 19.1 Å². The summed E-state index contributed by atoms with van der Waals surface area (Å²) in [7, 11) is 1.69. The number of aliphatic hydroxyl groups excluding tert-OH is 1. The van der Waals surface area contributed by atoms with Crippen molar-refractivity contribution < 1.29 is 19.1 Å². The van der Waals surface area contributed by atoms with Crippen LogP contribution in [0, 0.1) is 0 Å². The maximum atomic E-state index is 12.1. The second-order valence-electron chi connectivity index (χ2n) is 5.69. The van der Waals surface area contributed by atoms with Crippen molar-refractivity contribution >= 4 is 17.1 Å². The maximum Gasteiger partial charge on any atom is 0.313 e. The number of hydrogen-bond acceptors (Lipinski definition) is 7. The van der Waals surface area contributed by atoms with Gasteiger partial charge in [0.15, 0.2) is 18.3 Å². The zero-order valence-electron chi connectivity index (χ0n) is 13.4. The van der Waals surface area contributed by atoms with Crippen LogP contribution in [-0.4, -0.2) is 32.0 Å². The number of H-pyrrole nitrogens is 1. The molecule has 1 fully saturated rings. The Kier molecular flexibility index (Phi) is 3.99. The van der Waals surface area contributed by atoms with Crippen molar-refractivity contribution in [3.63, 3.8) is 0 Å². The van der Waals surface area contributed by atoms with E-state index in [0.717, 1.165) is 0 Å². The highest BCUT2D eigenvalue weighted by Crippen LogP contribution is 2.36. The molecule has 0 aliphatic carbocycles. The number of ether oxygens (including phenoxy) is 2. The summed E-state index contributed by atoms with van der Waals surface area (Å²) in [5, 5.41) is 12.8. The van der Waals surface area contributed by atoms with Crippen LogP contribution in [0.2, 0.25) is 0 Å². The Hall–Kier alpha value is -3.24. The van der Waals surface area contributed by atoms with E-state index < -0.39 is 17.9 Å². The van der Waals surface area contributed by atoms with Gasteiger partial charge in [-0.1, -0.05) is 10.1 Å². The molecule has 0 bridgehead atoms. The Labute approximate surface area is 140 Å². The lowest BCUT2D eigenvalue weighted by atomic mass is 10.1. The first kappa shape index (κ1) is 16.6. The molecule has 4 N–H and O–H groups in total. The molecule has 12 nitrogen and oxygen atoms in total. The number of aryl methyl sites for hydroxylation is 1. The maximum absolute atomic E-state index is 12.1. The molecule has 1 aliphatic rings. The number of aromatic amines is 1. The summed E-state index contributed by atoms with van der Waals surface area (Å²) in [6.07, 6.45) is 1.91. The van der Waals surface area contributed by atoms with E-state index in [9.17, 15) is 4.79 Å². The number of nitrogens with two attached hydrogens (primary N) is 1. The fourth-order valence-corrected chi connectivity index (χ4v) is 2.88. The second kappa shape index (κ2) is 6.00. The van der Waals surface area contributed by atoms with E-state index in [1.54, 1.807) is 22.5 Å². The molecule has 2 aromatic rings. The van der Waals surface area contributed by atoms with Gasteiger partial charge in [0.05, 0.1) is 7.05 Å². The molecule has 0 aromatic carbocycles. The van der Waals surface area contributed by atoms with E-state index >= 15 is 0 Å². The number of imidazole rings is 1. The minimum Gasteiger partial charge on any atom is -0.481 e. The van der Waals surface area contributed by atoms with Gasteiger partial charge in [0.2, 0.25) is 5.52 Å². The van der Waals surface area contributed by atoms with Crippen molar-refractivity contribution in [2.24, 2.45) is 12.2 Å². The number of rotatable bonds is 5. The van der Waals surface area contributed by atoms with Gasteiger partial charge in [0.1, 0.15) is 6.61 Å². The molecule has 2 atom stereocenters. The first-order valence-electron chi connectivity index (χ1n) is 7.36. The Morgan fingerprint density at radius 2 is 2.60 bits per heavy atom. The molecule has 132 valence electrons. The molecular weight excluding hydrogens is 332 g/mol. The van der Waals surface area contributed by atoms with Crippen molar-refractivity contribution in [1.82, 2.24) is 14.5 Å². The van der Waals surface area contributed by atoms with Gasteiger partial charge in [-0.15, -0.1) is 0 Å². The van der Waals surface area contributed by atoms with E-state index in [-0.39, 0.29) is 18.1 Å². The van der Waals surface area contributed by atoms with Gasteiger partial charge in [-0.25, -0.2) is 4.57 Å². The predicted octanol–water partition coefficient (Wildman–Crippen LogP) is 0.493. The molecule has 3 heterocycles.